The zero-order valence-corrected chi connectivity index (χ0v) is 13.0. The van der Waals surface area contributed by atoms with Crippen LogP contribution in [0.4, 0.5) is 0 Å². The average Bonchev–Trinajstić information content (AvgIpc) is 2.45. The highest BCUT2D eigenvalue weighted by atomic mass is 32.2. The Morgan fingerprint density at radius 2 is 1.76 bits per heavy atom. The van der Waals surface area contributed by atoms with E-state index in [1.165, 1.54) is 6.26 Å². The Labute approximate surface area is 125 Å². The van der Waals surface area contributed by atoms with Gasteiger partial charge in [0.05, 0.1) is 4.90 Å². The molecule has 1 aromatic carbocycles. The minimum Gasteiger partial charge on any atom is -0.352 e. The topological polar surface area (TPSA) is 89.3 Å². The van der Waals surface area contributed by atoms with E-state index < -0.39 is 9.84 Å². The van der Waals surface area contributed by atoms with Crippen molar-refractivity contribution in [1.29, 1.82) is 0 Å². The minimum absolute atomic E-state index is 0.0556. The fraction of sp³-hybridized carbons (Fsp3) is 0.533. The highest BCUT2D eigenvalue weighted by molar-refractivity contribution is 7.90. The molecule has 0 radical (unpaired) electrons. The molecule has 2 rings (SSSR count). The third-order valence-electron chi connectivity index (χ3n) is 3.96. The Kier molecular flexibility index (Phi) is 5.00. The summed E-state index contributed by atoms with van der Waals surface area (Å²) in [6, 6.07) is 6.82. The summed E-state index contributed by atoms with van der Waals surface area (Å²) in [5.41, 5.74) is 6.72. The maximum Gasteiger partial charge on any atom is 0.223 e. The smallest absolute Gasteiger partial charge is 0.223 e. The quantitative estimate of drug-likeness (QED) is 0.875. The van der Waals surface area contributed by atoms with E-state index in [0.29, 0.717) is 11.4 Å². The van der Waals surface area contributed by atoms with Gasteiger partial charge in [-0.1, -0.05) is 12.1 Å². The van der Waals surface area contributed by atoms with Gasteiger partial charge in [-0.25, -0.2) is 8.42 Å². The van der Waals surface area contributed by atoms with Crippen LogP contribution in [0.1, 0.15) is 31.2 Å². The lowest BCUT2D eigenvalue weighted by Gasteiger charge is -2.25. The maximum absolute atomic E-state index is 12.1. The number of carbonyl (C=O) groups excluding carboxylic acids is 1. The molecule has 0 heterocycles. The Morgan fingerprint density at radius 3 is 2.29 bits per heavy atom. The highest BCUT2D eigenvalue weighted by Gasteiger charge is 2.24. The Bertz CT molecular complexity index is 588. The lowest BCUT2D eigenvalue weighted by Crippen LogP contribution is -2.35. The molecule has 1 amide bonds. The number of nitrogens with two attached hydrogens (primary N) is 1. The number of benzene rings is 1. The van der Waals surface area contributed by atoms with Gasteiger partial charge in [0.2, 0.25) is 5.91 Å². The maximum atomic E-state index is 12.1. The van der Waals surface area contributed by atoms with Gasteiger partial charge in [0.1, 0.15) is 0 Å². The number of hydrogen-bond donors (Lipinski definition) is 2. The SMILES string of the molecule is CS(=O)(=O)c1ccc(CNC(=O)C2CCC(N)CC2)cc1. The normalized spacial score (nSPS) is 22.8. The first-order valence-electron chi connectivity index (χ1n) is 7.18. The van der Waals surface area contributed by atoms with Crippen LogP contribution >= 0.6 is 0 Å². The first kappa shape index (κ1) is 16.0. The summed E-state index contributed by atoms with van der Waals surface area (Å²) < 4.78 is 22.7. The van der Waals surface area contributed by atoms with Crippen LogP contribution in [-0.2, 0) is 21.2 Å². The monoisotopic (exact) mass is 310 g/mol. The van der Waals surface area contributed by atoms with Gasteiger partial charge in [0, 0.05) is 24.8 Å². The van der Waals surface area contributed by atoms with Crippen LogP contribution < -0.4 is 11.1 Å². The van der Waals surface area contributed by atoms with Crippen molar-refractivity contribution in [2.45, 2.75) is 43.2 Å². The largest absolute Gasteiger partial charge is 0.352 e. The molecule has 1 aliphatic carbocycles. The van der Waals surface area contributed by atoms with E-state index in [0.717, 1.165) is 31.2 Å². The summed E-state index contributed by atoms with van der Waals surface area (Å²) in [5, 5.41) is 2.91. The molecule has 0 aromatic heterocycles. The van der Waals surface area contributed by atoms with Crippen molar-refractivity contribution in [3.63, 3.8) is 0 Å². The molecule has 5 nitrogen and oxygen atoms in total. The van der Waals surface area contributed by atoms with Crippen LogP contribution in [0.5, 0.6) is 0 Å². The Morgan fingerprint density at radius 1 is 1.19 bits per heavy atom. The van der Waals surface area contributed by atoms with E-state index in [1.807, 2.05) is 0 Å². The molecule has 0 bridgehead atoms. The molecule has 0 aliphatic heterocycles. The molecule has 0 unspecified atom stereocenters. The number of nitrogens with one attached hydrogen (secondary N) is 1. The number of sulfone groups is 1. The van der Waals surface area contributed by atoms with E-state index in [2.05, 4.69) is 5.32 Å². The molecular weight excluding hydrogens is 288 g/mol. The van der Waals surface area contributed by atoms with Crippen molar-refractivity contribution in [3.05, 3.63) is 29.8 Å². The van der Waals surface area contributed by atoms with Crippen LogP contribution in [-0.4, -0.2) is 26.6 Å². The molecule has 6 heteroatoms. The summed E-state index contributed by atoms with van der Waals surface area (Å²) in [6.45, 7) is 0.422. The van der Waals surface area contributed by atoms with Gasteiger partial charge in [-0.05, 0) is 43.4 Å². The number of rotatable bonds is 4. The van der Waals surface area contributed by atoms with Crippen LogP contribution in [0.25, 0.3) is 0 Å². The van der Waals surface area contributed by atoms with E-state index in [-0.39, 0.29) is 17.9 Å². The molecule has 21 heavy (non-hydrogen) atoms. The molecule has 0 atom stereocenters. The van der Waals surface area contributed by atoms with Gasteiger partial charge in [0.25, 0.3) is 0 Å². The second-order valence-electron chi connectivity index (χ2n) is 5.75. The first-order valence-corrected chi connectivity index (χ1v) is 9.07. The van der Waals surface area contributed by atoms with Crippen molar-refractivity contribution in [1.82, 2.24) is 5.32 Å². The summed E-state index contributed by atoms with van der Waals surface area (Å²) in [6.07, 6.45) is 4.68. The van der Waals surface area contributed by atoms with E-state index in [4.69, 9.17) is 5.73 Å². The fourth-order valence-electron chi connectivity index (χ4n) is 2.57. The summed E-state index contributed by atoms with van der Waals surface area (Å²) in [7, 11) is -3.17. The zero-order valence-electron chi connectivity index (χ0n) is 12.2. The Balaban J connectivity index is 1.87. The van der Waals surface area contributed by atoms with Gasteiger partial charge >= 0.3 is 0 Å². The van der Waals surface area contributed by atoms with Gasteiger partial charge in [-0.15, -0.1) is 0 Å². The third-order valence-corrected chi connectivity index (χ3v) is 5.09. The second-order valence-corrected chi connectivity index (χ2v) is 7.76. The lowest BCUT2D eigenvalue weighted by atomic mass is 9.86. The molecule has 1 fully saturated rings. The van der Waals surface area contributed by atoms with E-state index in [1.54, 1.807) is 24.3 Å². The summed E-state index contributed by atoms with van der Waals surface area (Å²) in [4.78, 5) is 12.3. The molecule has 3 N–H and O–H groups in total. The minimum atomic E-state index is -3.17. The molecule has 116 valence electrons. The van der Waals surface area contributed by atoms with Crippen LogP contribution in [0.3, 0.4) is 0 Å². The second kappa shape index (κ2) is 6.58. The molecule has 0 spiro atoms. The number of amides is 1. The number of carbonyl (C=O) groups is 1. The van der Waals surface area contributed by atoms with Gasteiger partial charge in [-0.2, -0.15) is 0 Å². The lowest BCUT2D eigenvalue weighted by molar-refractivity contribution is -0.126. The van der Waals surface area contributed by atoms with Crippen molar-refractivity contribution in [2.75, 3.05) is 6.26 Å². The van der Waals surface area contributed by atoms with Gasteiger partial charge in [-0.3, -0.25) is 4.79 Å². The highest BCUT2D eigenvalue weighted by Crippen LogP contribution is 2.23. The standard InChI is InChI=1S/C15H22N2O3S/c1-21(19,20)14-8-2-11(3-9-14)10-17-15(18)12-4-6-13(16)7-5-12/h2-3,8-9,12-13H,4-7,10,16H2,1H3,(H,17,18). The summed E-state index contributed by atoms with van der Waals surface area (Å²) in [5.74, 6) is 0.120. The molecular formula is C15H22N2O3S. The van der Waals surface area contributed by atoms with Crippen LogP contribution in [0, 0.1) is 5.92 Å². The molecule has 1 aliphatic rings. The van der Waals surface area contributed by atoms with E-state index in [9.17, 15) is 13.2 Å². The van der Waals surface area contributed by atoms with Crippen molar-refractivity contribution in [3.8, 4) is 0 Å². The third kappa shape index (κ3) is 4.54. The molecule has 1 aromatic rings. The first-order chi connectivity index (χ1) is 9.86. The van der Waals surface area contributed by atoms with Crippen LogP contribution in [0.15, 0.2) is 29.2 Å². The Hall–Kier alpha value is -1.40. The van der Waals surface area contributed by atoms with Gasteiger partial charge < -0.3 is 11.1 Å². The molecule has 1 saturated carbocycles. The van der Waals surface area contributed by atoms with Crippen LogP contribution in [0.2, 0.25) is 0 Å². The zero-order chi connectivity index (χ0) is 15.5. The summed E-state index contributed by atoms with van der Waals surface area (Å²) >= 11 is 0. The molecule has 0 saturated heterocycles. The number of hydrogen-bond acceptors (Lipinski definition) is 4. The fourth-order valence-corrected chi connectivity index (χ4v) is 3.20. The predicted octanol–water partition coefficient (Wildman–Crippen LogP) is 1.22. The van der Waals surface area contributed by atoms with E-state index >= 15 is 0 Å². The average molecular weight is 310 g/mol. The van der Waals surface area contributed by atoms with Crippen molar-refractivity contribution in [2.24, 2.45) is 11.7 Å². The van der Waals surface area contributed by atoms with Gasteiger partial charge in [0.15, 0.2) is 9.84 Å². The van der Waals surface area contributed by atoms with Crippen molar-refractivity contribution < 1.29 is 13.2 Å². The predicted molar refractivity (Wildman–Crippen MR) is 81.3 cm³/mol. The van der Waals surface area contributed by atoms with Crippen molar-refractivity contribution >= 4 is 15.7 Å².